The predicted molar refractivity (Wildman–Crippen MR) is 57.9 cm³/mol. The Morgan fingerprint density at radius 2 is 2.35 bits per heavy atom. The second-order valence-corrected chi connectivity index (χ2v) is 3.69. The number of carbonyl (C=O) groups is 1. The highest BCUT2D eigenvalue weighted by Crippen LogP contribution is 2.29. The summed E-state index contributed by atoms with van der Waals surface area (Å²) in [6, 6.07) is 1.23. The van der Waals surface area contributed by atoms with Gasteiger partial charge in [-0.1, -0.05) is 0 Å². The Kier molecular flexibility index (Phi) is 2.90. The number of hydrogen-bond donors (Lipinski definition) is 1. The van der Waals surface area contributed by atoms with Crippen molar-refractivity contribution >= 4 is 11.6 Å². The number of nitrogens with zero attached hydrogens (tertiary/aromatic N) is 2. The summed E-state index contributed by atoms with van der Waals surface area (Å²) in [5, 5.41) is 13.1. The van der Waals surface area contributed by atoms with Gasteiger partial charge in [0.2, 0.25) is 5.69 Å². The number of carbonyl (C=O) groups excluding carboxylic acids is 1. The molecule has 1 saturated carbocycles. The van der Waals surface area contributed by atoms with Crippen LogP contribution in [0.15, 0.2) is 12.3 Å². The molecule has 0 atom stereocenters. The molecule has 1 N–H and O–H groups in total. The minimum absolute atomic E-state index is 0.127. The first-order chi connectivity index (χ1) is 8.11. The van der Waals surface area contributed by atoms with Crippen LogP contribution in [-0.2, 0) is 0 Å². The summed E-state index contributed by atoms with van der Waals surface area (Å²) in [4.78, 5) is 25.3. The fourth-order valence-electron chi connectivity index (χ4n) is 1.31. The minimum atomic E-state index is -0.642. The van der Waals surface area contributed by atoms with Gasteiger partial charge in [-0.05, 0) is 12.8 Å². The maximum absolute atomic E-state index is 11.4. The van der Waals surface area contributed by atoms with E-state index >= 15 is 0 Å². The lowest BCUT2D eigenvalue weighted by Crippen LogP contribution is -2.20. The van der Waals surface area contributed by atoms with E-state index in [1.807, 2.05) is 0 Å². The van der Waals surface area contributed by atoms with E-state index < -0.39 is 10.8 Å². The van der Waals surface area contributed by atoms with Crippen molar-refractivity contribution in [2.45, 2.75) is 18.9 Å². The molecule has 1 aromatic heterocycles. The molecule has 17 heavy (non-hydrogen) atoms. The molecule has 7 heteroatoms. The quantitative estimate of drug-likeness (QED) is 0.619. The number of pyridine rings is 1. The van der Waals surface area contributed by atoms with Crippen LogP contribution in [0.2, 0.25) is 0 Å². The molecule has 0 aromatic carbocycles. The summed E-state index contributed by atoms with van der Waals surface area (Å²) in [5.41, 5.74) is -0.553. The van der Waals surface area contributed by atoms with Crippen molar-refractivity contribution in [1.82, 2.24) is 10.3 Å². The molecular weight excluding hydrogens is 226 g/mol. The topological polar surface area (TPSA) is 94.4 Å². The van der Waals surface area contributed by atoms with Crippen molar-refractivity contribution in [2.75, 3.05) is 7.05 Å². The molecule has 1 aromatic rings. The predicted octanol–water partition coefficient (Wildman–Crippen LogP) is 0.891. The molecule has 1 fully saturated rings. The van der Waals surface area contributed by atoms with Crippen LogP contribution in [-0.4, -0.2) is 29.0 Å². The molecule has 0 spiro atoms. The molecule has 7 nitrogen and oxygen atoms in total. The molecule has 0 bridgehead atoms. The van der Waals surface area contributed by atoms with Gasteiger partial charge in [-0.2, -0.15) is 0 Å². The highest BCUT2D eigenvalue weighted by Gasteiger charge is 2.26. The zero-order chi connectivity index (χ0) is 12.4. The number of aromatic nitrogens is 1. The molecule has 1 heterocycles. The Balaban J connectivity index is 2.32. The Bertz CT molecular complexity index is 471. The molecular formula is C10H11N3O4. The van der Waals surface area contributed by atoms with Crippen LogP contribution >= 0.6 is 0 Å². The molecule has 90 valence electrons. The van der Waals surface area contributed by atoms with Gasteiger partial charge < -0.3 is 10.1 Å². The zero-order valence-corrected chi connectivity index (χ0v) is 9.17. The summed E-state index contributed by atoms with van der Waals surface area (Å²) in [6.07, 6.45) is 3.36. The van der Waals surface area contributed by atoms with Crippen LogP contribution in [0.3, 0.4) is 0 Å². The van der Waals surface area contributed by atoms with Gasteiger partial charge in [0.1, 0.15) is 5.75 Å². The second-order valence-electron chi connectivity index (χ2n) is 3.69. The third kappa shape index (κ3) is 2.49. The SMILES string of the molecule is CNC(=O)c1ncc(OC2CC2)cc1[N+](=O)[O-]. The number of nitro groups is 1. The maximum Gasteiger partial charge on any atom is 0.304 e. The van der Waals surface area contributed by atoms with Gasteiger partial charge >= 0.3 is 5.69 Å². The van der Waals surface area contributed by atoms with Gasteiger partial charge in [0.05, 0.1) is 23.3 Å². The highest BCUT2D eigenvalue weighted by atomic mass is 16.6. The Labute approximate surface area is 96.9 Å². The van der Waals surface area contributed by atoms with E-state index in [0.29, 0.717) is 5.75 Å². The number of nitrogens with one attached hydrogen (secondary N) is 1. The molecule has 2 rings (SSSR count). The van der Waals surface area contributed by atoms with E-state index in [4.69, 9.17) is 4.74 Å². The lowest BCUT2D eigenvalue weighted by Gasteiger charge is -2.05. The number of ether oxygens (including phenoxy) is 1. The zero-order valence-electron chi connectivity index (χ0n) is 9.17. The lowest BCUT2D eigenvalue weighted by atomic mass is 10.3. The molecule has 1 aliphatic rings. The van der Waals surface area contributed by atoms with Crippen LogP contribution in [0.25, 0.3) is 0 Å². The first-order valence-corrected chi connectivity index (χ1v) is 5.15. The van der Waals surface area contributed by atoms with E-state index in [1.165, 1.54) is 19.3 Å². The van der Waals surface area contributed by atoms with Crippen LogP contribution in [0.4, 0.5) is 5.69 Å². The summed E-state index contributed by atoms with van der Waals surface area (Å²) in [5.74, 6) is -0.262. The average molecular weight is 237 g/mol. The number of amides is 1. The summed E-state index contributed by atoms with van der Waals surface area (Å²) in [7, 11) is 1.39. The average Bonchev–Trinajstić information content (AvgIpc) is 3.12. The molecule has 1 amide bonds. The Morgan fingerprint density at radius 3 is 2.88 bits per heavy atom. The van der Waals surface area contributed by atoms with Gasteiger partial charge in [0.15, 0.2) is 0 Å². The first kappa shape index (κ1) is 11.3. The molecule has 0 aliphatic heterocycles. The van der Waals surface area contributed by atoms with Crippen LogP contribution in [0, 0.1) is 10.1 Å². The summed E-state index contributed by atoms with van der Waals surface area (Å²) < 4.78 is 5.39. The van der Waals surface area contributed by atoms with Crippen LogP contribution in [0.1, 0.15) is 23.3 Å². The van der Waals surface area contributed by atoms with Crippen molar-refractivity contribution in [2.24, 2.45) is 0 Å². The smallest absolute Gasteiger partial charge is 0.304 e. The number of rotatable bonds is 4. The maximum atomic E-state index is 11.4. The third-order valence-electron chi connectivity index (χ3n) is 2.31. The molecule has 0 radical (unpaired) electrons. The van der Waals surface area contributed by atoms with Gasteiger partial charge in [0.25, 0.3) is 5.91 Å². The molecule has 0 saturated heterocycles. The Morgan fingerprint density at radius 1 is 1.65 bits per heavy atom. The highest BCUT2D eigenvalue weighted by molar-refractivity contribution is 5.96. The number of hydrogen-bond acceptors (Lipinski definition) is 5. The van der Waals surface area contributed by atoms with E-state index in [9.17, 15) is 14.9 Å². The summed E-state index contributed by atoms with van der Waals surface area (Å²) in [6.45, 7) is 0. The van der Waals surface area contributed by atoms with E-state index in [2.05, 4.69) is 10.3 Å². The van der Waals surface area contributed by atoms with Gasteiger partial charge in [-0.3, -0.25) is 14.9 Å². The summed E-state index contributed by atoms with van der Waals surface area (Å²) >= 11 is 0. The van der Waals surface area contributed by atoms with Crippen LogP contribution < -0.4 is 10.1 Å². The lowest BCUT2D eigenvalue weighted by molar-refractivity contribution is -0.385. The fraction of sp³-hybridized carbons (Fsp3) is 0.400. The van der Waals surface area contributed by atoms with Gasteiger partial charge in [-0.25, -0.2) is 4.98 Å². The van der Waals surface area contributed by atoms with Crippen molar-refractivity contribution in [1.29, 1.82) is 0 Å². The monoisotopic (exact) mass is 237 g/mol. The van der Waals surface area contributed by atoms with Crippen molar-refractivity contribution in [3.8, 4) is 5.75 Å². The molecule has 1 aliphatic carbocycles. The normalized spacial score (nSPS) is 14.2. The van der Waals surface area contributed by atoms with Crippen molar-refractivity contribution in [3.63, 3.8) is 0 Å². The van der Waals surface area contributed by atoms with E-state index in [-0.39, 0.29) is 17.5 Å². The van der Waals surface area contributed by atoms with Crippen molar-refractivity contribution < 1.29 is 14.5 Å². The standard InChI is InChI=1S/C10H11N3O4/c1-11-10(14)9-8(13(15)16)4-7(5-12-9)17-6-2-3-6/h4-6H,2-3H2,1H3,(H,11,14). The van der Waals surface area contributed by atoms with E-state index in [0.717, 1.165) is 12.8 Å². The third-order valence-corrected chi connectivity index (χ3v) is 2.31. The van der Waals surface area contributed by atoms with Gasteiger partial charge in [-0.15, -0.1) is 0 Å². The molecule has 0 unspecified atom stereocenters. The first-order valence-electron chi connectivity index (χ1n) is 5.15. The minimum Gasteiger partial charge on any atom is -0.489 e. The largest absolute Gasteiger partial charge is 0.489 e. The second kappa shape index (κ2) is 4.36. The van der Waals surface area contributed by atoms with Crippen molar-refractivity contribution in [3.05, 3.63) is 28.1 Å². The Hall–Kier alpha value is -2.18. The van der Waals surface area contributed by atoms with E-state index in [1.54, 1.807) is 0 Å². The fourth-order valence-corrected chi connectivity index (χ4v) is 1.31. The van der Waals surface area contributed by atoms with Crippen LogP contribution in [0.5, 0.6) is 5.75 Å². The van der Waals surface area contributed by atoms with Gasteiger partial charge in [0, 0.05) is 7.05 Å².